The molecule has 1 fully saturated rings. The second kappa shape index (κ2) is 5.72. The van der Waals surface area contributed by atoms with Crippen LogP contribution in [0.4, 0.5) is 0 Å². The number of rotatable bonds is 4. The van der Waals surface area contributed by atoms with Crippen LogP contribution in [-0.2, 0) is 0 Å². The van der Waals surface area contributed by atoms with Crippen LogP contribution in [0, 0.1) is 18.8 Å². The molecule has 0 aromatic carbocycles. The lowest BCUT2D eigenvalue weighted by molar-refractivity contribution is 0.213. The summed E-state index contributed by atoms with van der Waals surface area (Å²) in [5.41, 5.74) is 1.29. The molecule has 2 heteroatoms. The molecule has 0 radical (unpaired) electrons. The Morgan fingerprint density at radius 1 is 1.35 bits per heavy atom. The zero-order chi connectivity index (χ0) is 12.3. The predicted molar refractivity (Wildman–Crippen MR) is 71.0 cm³/mol. The SMILES string of the molecule is CCNC(c1occc1C)C1CCC(C)CC1. The van der Waals surface area contributed by atoms with Crippen molar-refractivity contribution in [3.05, 3.63) is 23.7 Å². The topological polar surface area (TPSA) is 25.2 Å². The Kier molecular flexibility index (Phi) is 4.27. The first kappa shape index (κ1) is 12.7. The number of aryl methyl sites for hydroxylation is 1. The minimum absolute atomic E-state index is 0.419. The van der Waals surface area contributed by atoms with Crippen LogP contribution in [0.5, 0.6) is 0 Å². The van der Waals surface area contributed by atoms with Gasteiger partial charge in [0, 0.05) is 0 Å². The minimum atomic E-state index is 0.419. The summed E-state index contributed by atoms with van der Waals surface area (Å²) < 4.78 is 5.70. The summed E-state index contributed by atoms with van der Waals surface area (Å²) in [5.74, 6) is 2.81. The lowest BCUT2D eigenvalue weighted by Gasteiger charge is -2.32. The molecule has 1 aliphatic carbocycles. The van der Waals surface area contributed by atoms with E-state index in [2.05, 4.69) is 32.2 Å². The fourth-order valence-electron chi connectivity index (χ4n) is 3.02. The van der Waals surface area contributed by atoms with Gasteiger partial charge in [0.25, 0.3) is 0 Å². The van der Waals surface area contributed by atoms with Crippen molar-refractivity contribution in [2.24, 2.45) is 11.8 Å². The Balaban J connectivity index is 2.09. The summed E-state index contributed by atoms with van der Waals surface area (Å²) in [5, 5.41) is 3.62. The van der Waals surface area contributed by atoms with Crippen LogP contribution in [0.15, 0.2) is 16.7 Å². The first-order valence-electron chi connectivity index (χ1n) is 6.99. The molecular weight excluding hydrogens is 210 g/mol. The summed E-state index contributed by atoms with van der Waals surface area (Å²) in [6.45, 7) is 7.71. The van der Waals surface area contributed by atoms with Gasteiger partial charge < -0.3 is 9.73 Å². The summed E-state index contributed by atoms with van der Waals surface area (Å²) in [4.78, 5) is 0. The van der Waals surface area contributed by atoms with Gasteiger partial charge in [-0.2, -0.15) is 0 Å². The van der Waals surface area contributed by atoms with Gasteiger partial charge in [0.15, 0.2) is 0 Å². The van der Waals surface area contributed by atoms with Crippen LogP contribution in [0.2, 0.25) is 0 Å². The van der Waals surface area contributed by atoms with Gasteiger partial charge in [-0.05, 0) is 49.8 Å². The maximum atomic E-state index is 5.70. The second-order valence-electron chi connectivity index (χ2n) is 5.52. The smallest absolute Gasteiger partial charge is 0.123 e. The largest absolute Gasteiger partial charge is 0.467 e. The van der Waals surface area contributed by atoms with Crippen molar-refractivity contribution in [3.63, 3.8) is 0 Å². The molecule has 17 heavy (non-hydrogen) atoms. The van der Waals surface area contributed by atoms with Crippen LogP contribution in [0.25, 0.3) is 0 Å². The van der Waals surface area contributed by atoms with Crippen molar-refractivity contribution < 1.29 is 4.42 Å². The highest BCUT2D eigenvalue weighted by Crippen LogP contribution is 2.37. The van der Waals surface area contributed by atoms with E-state index in [1.54, 1.807) is 0 Å². The molecule has 1 heterocycles. The predicted octanol–water partition coefficient (Wildman–Crippen LogP) is 4.06. The van der Waals surface area contributed by atoms with Gasteiger partial charge >= 0.3 is 0 Å². The minimum Gasteiger partial charge on any atom is -0.467 e. The van der Waals surface area contributed by atoms with E-state index < -0.39 is 0 Å². The van der Waals surface area contributed by atoms with Crippen LogP contribution in [-0.4, -0.2) is 6.54 Å². The highest BCUT2D eigenvalue weighted by atomic mass is 16.3. The maximum absolute atomic E-state index is 5.70. The molecule has 1 aromatic heterocycles. The highest BCUT2D eigenvalue weighted by molar-refractivity contribution is 5.19. The molecule has 1 aromatic rings. The van der Waals surface area contributed by atoms with E-state index in [9.17, 15) is 0 Å². The Labute approximate surface area is 105 Å². The standard InChI is InChI=1S/C15H25NO/c1-4-16-14(15-12(3)9-10-17-15)13-7-5-11(2)6-8-13/h9-11,13-14,16H,4-8H2,1-3H3. The Morgan fingerprint density at radius 3 is 2.59 bits per heavy atom. The molecular formula is C15H25NO. The Bertz CT molecular complexity index is 336. The molecule has 0 amide bonds. The third-order valence-electron chi connectivity index (χ3n) is 4.14. The zero-order valence-corrected chi connectivity index (χ0v) is 11.3. The van der Waals surface area contributed by atoms with Gasteiger partial charge in [-0.15, -0.1) is 0 Å². The van der Waals surface area contributed by atoms with E-state index in [0.717, 1.165) is 24.1 Å². The number of hydrogen-bond donors (Lipinski definition) is 1. The van der Waals surface area contributed by atoms with Gasteiger partial charge in [0.1, 0.15) is 5.76 Å². The van der Waals surface area contributed by atoms with Gasteiger partial charge in [0.05, 0.1) is 12.3 Å². The van der Waals surface area contributed by atoms with Crippen molar-refractivity contribution in [2.75, 3.05) is 6.54 Å². The third-order valence-corrected chi connectivity index (χ3v) is 4.14. The molecule has 96 valence electrons. The quantitative estimate of drug-likeness (QED) is 0.851. The van der Waals surface area contributed by atoms with Crippen LogP contribution in [0.1, 0.15) is 56.9 Å². The molecule has 0 bridgehead atoms. The van der Waals surface area contributed by atoms with E-state index in [1.807, 2.05) is 6.26 Å². The van der Waals surface area contributed by atoms with Gasteiger partial charge in [0.2, 0.25) is 0 Å². The van der Waals surface area contributed by atoms with Crippen LogP contribution >= 0.6 is 0 Å². The maximum Gasteiger partial charge on any atom is 0.123 e. The molecule has 1 N–H and O–H groups in total. The molecule has 0 saturated heterocycles. The Hall–Kier alpha value is -0.760. The summed E-state index contributed by atoms with van der Waals surface area (Å²) >= 11 is 0. The van der Waals surface area contributed by atoms with Crippen molar-refractivity contribution in [1.82, 2.24) is 5.32 Å². The molecule has 1 aliphatic rings. The average Bonchev–Trinajstić information content (AvgIpc) is 2.74. The lowest BCUT2D eigenvalue weighted by atomic mass is 9.78. The monoisotopic (exact) mass is 235 g/mol. The normalized spacial score (nSPS) is 27.0. The molecule has 0 spiro atoms. The van der Waals surface area contributed by atoms with Crippen LogP contribution < -0.4 is 5.32 Å². The average molecular weight is 235 g/mol. The van der Waals surface area contributed by atoms with E-state index in [4.69, 9.17) is 4.42 Å². The van der Waals surface area contributed by atoms with Crippen molar-refractivity contribution in [3.8, 4) is 0 Å². The number of hydrogen-bond acceptors (Lipinski definition) is 2. The summed E-state index contributed by atoms with van der Waals surface area (Å²) in [6.07, 6.45) is 7.22. The van der Waals surface area contributed by atoms with E-state index in [0.29, 0.717) is 6.04 Å². The lowest BCUT2D eigenvalue weighted by Crippen LogP contribution is -2.30. The highest BCUT2D eigenvalue weighted by Gasteiger charge is 2.29. The molecule has 0 aliphatic heterocycles. The number of furan rings is 1. The molecule has 1 unspecified atom stereocenters. The molecule has 1 atom stereocenters. The van der Waals surface area contributed by atoms with Gasteiger partial charge in [-0.3, -0.25) is 0 Å². The van der Waals surface area contributed by atoms with Crippen molar-refractivity contribution >= 4 is 0 Å². The summed E-state index contributed by atoms with van der Waals surface area (Å²) in [6, 6.07) is 2.49. The van der Waals surface area contributed by atoms with E-state index in [1.165, 1.54) is 31.2 Å². The summed E-state index contributed by atoms with van der Waals surface area (Å²) in [7, 11) is 0. The number of nitrogens with one attached hydrogen (secondary N) is 1. The van der Waals surface area contributed by atoms with Crippen molar-refractivity contribution in [1.29, 1.82) is 0 Å². The molecule has 2 rings (SSSR count). The van der Waals surface area contributed by atoms with E-state index >= 15 is 0 Å². The van der Waals surface area contributed by atoms with Gasteiger partial charge in [-0.25, -0.2) is 0 Å². The fraction of sp³-hybridized carbons (Fsp3) is 0.733. The molecule has 1 saturated carbocycles. The molecule has 2 nitrogen and oxygen atoms in total. The third kappa shape index (κ3) is 2.92. The first-order valence-corrected chi connectivity index (χ1v) is 6.99. The first-order chi connectivity index (χ1) is 8.22. The van der Waals surface area contributed by atoms with Crippen LogP contribution in [0.3, 0.4) is 0 Å². The van der Waals surface area contributed by atoms with Crippen molar-refractivity contribution in [2.45, 2.75) is 52.5 Å². The fourth-order valence-corrected chi connectivity index (χ4v) is 3.02. The second-order valence-corrected chi connectivity index (χ2v) is 5.52. The zero-order valence-electron chi connectivity index (χ0n) is 11.3. The Morgan fingerprint density at radius 2 is 2.06 bits per heavy atom. The van der Waals surface area contributed by atoms with Gasteiger partial charge in [-0.1, -0.05) is 26.7 Å². The van der Waals surface area contributed by atoms with E-state index in [-0.39, 0.29) is 0 Å².